The molecule has 1 N–H and O–H groups in total. The Labute approximate surface area is 150 Å². The summed E-state index contributed by atoms with van der Waals surface area (Å²) in [6.45, 7) is 8.27. The second-order valence-electron chi connectivity index (χ2n) is 6.27. The first-order valence-corrected chi connectivity index (χ1v) is 9.32. The fourth-order valence-electron chi connectivity index (χ4n) is 3.04. The smallest absolute Gasteiger partial charge is 0.232 e. The van der Waals surface area contributed by atoms with E-state index in [1.807, 2.05) is 19.9 Å². The molecule has 0 saturated heterocycles. The largest absolute Gasteiger partial charge is 0.356 e. The average molecular weight is 358 g/mol. The van der Waals surface area contributed by atoms with Gasteiger partial charge in [0.1, 0.15) is 10.7 Å². The Balaban J connectivity index is 1.73. The Bertz CT molecular complexity index is 896. The zero-order chi connectivity index (χ0) is 18.0. The monoisotopic (exact) mass is 358 g/mol. The zero-order valence-corrected chi connectivity index (χ0v) is 15.7. The van der Waals surface area contributed by atoms with Gasteiger partial charge in [-0.3, -0.25) is 4.79 Å². The molecule has 1 aromatic carbocycles. The zero-order valence-electron chi connectivity index (χ0n) is 14.9. The van der Waals surface area contributed by atoms with Gasteiger partial charge in [0.05, 0.1) is 6.42 Å². The number of aromatic nitrogens is 3. The maximum atomic E-state index is 12.4. The topological polar surface area (TPSA) is 80.9 Å². The van der Waals surface area contributed by atoms with E-state index in [2.05, 4.69) is 40.6 Å². The van der Waals surface area contributed by atoms with Crippen molar-refractivity contribution >= 4 is 33.3 Å². The average Bonchev–Trinajstić information content (AvgIpc) is 3.16. The van der Waals surface area contributed by atoms with E-state index >= 15 is 0 Å². The molecule has 0 bridgehead atoms. The number of benzene rings is 1. The highest BCUT2D eigenvalue weighted by atomic mass is 32.1. The molecule has 0 fully saturated rings. The quantitative estimate of drug-likeness (QED) is 0.707. The number of rotatable bonds is 6. The number of fused-ring (bicyclic) bond motifs is 1. The van der Waals surface area contributed by atoms with Gasteiger partial charge in [0.25, 0.3) is 0 Å². The standard InChI is InChI=1S/C18H22N4O2S/c1-5-12(6-2)17-20-21-18(25-17)19-15(23)9-13-16-11(4)7-10(3)8-14(16)24-22-13/h7-8,12H,5-6,9H2,1-4H3,(H,19,21,23). The van der Waals surface area contributed by atoms with E-state index in [0.717, 1.165) is 34.4 Å². The van der Waals surface area contributed by atoms with Crippen LogP contribution < -0.4 is 5.32 Å². The van der Waals surface area contributed by atoms with Crippen LogP contribution >= 0.6 is 11.3 Å². The molecule has 0 atom stereocenters. The molecule has 2 heterocycles. The van der Waals surface area contributed by atoms with E-state index in [4.69, 9.17) is 4.52 Å². The van der Waals surface area contributed by atoms with Crippen LogP contribution in [0.2, 0.25) is 0 Å². The molecule has 0 aliphatic heterocycles. The van der Waals surface area contributed by atoms with Crippen molar-refractivity contribution < 1.29 is 9.32 Å². The summed E-state index contributed by atoms with van der Waals surface area (Å²) in [5.41, 5.74) is 3.54. The maximum Gasteiger partial charge on any atom is 0.232 e. The second kappa shape index (κ2) is 7.31. The number of carbonyl (C=O) groups excluding carboxylic acids is 1. The SMILES string of the molecule is CCC(CC)c1nnc(NC(=O)Cc2noc3cc(C)cc(C)c23)s1. The molecule has 0 saturated carbocycles. The van der Waals surface area contributed by atoms with Crippen LogP contribution in [0, 0.1) is 13.8 Å². The van der Waals surface area contributed by atoms with Crippen LogP contribution in [-0.2, 0) is 11.2 Å². The van der Waals surface area contributed by atoms with Crippen LogP contribution in [0.5, 0.6) is 0 Å². The number of hydrogen-bond donors (Lipinski definition) is 1. The number of carbonyl (C=O) groups is 1. The van der Waals surface area contributed by atoms with E-state index in [1.165, 1.54) is 11.3 Å². The van der Waals surface area contributed by atoms with Crippen LogP contribution in [0.3, 0.4) is 0 Å². The Morgan fingerprint density at radius 3 is 2.72 bits per heavy atom. The third-order valence-corrected chi connectivity index (χ3v) is 5.34. The van der Waals surface area contributed by atoms with Crippen molar-refractivity contribution in [2.75, 3.05) is 5.32 Å². The highest BCUT2D eigenvalue weighted by Gasteiger charge is 2.17. The Kier molecular flexibility index (Phi) is 5.13. The number of hydrogen-bond acceptors (Lipinski definition) is 6. The van der Waals surface area contributed by atoms with Crippen LogP contribution in [0.4, 0.5) is 5.13 Å². The summed E-state index contributed by atoms with van der Waals surface area (Å²) in [5, 5.41) is 17.6. The van der Waals surface area contributed by atoms with Gasteiger partial charge >= 0.3 is 0 Å². The summed E-state index contributed by atoms with van der Waals surface area (Å²) < 4.78 is 5.37. The number of aryl methyl sites for hydroxylation is 2. The van der Waals surface area contributed by atoms with Crippen LogP contribution in [0.1, 0.15) is 54.4 Å². The summed E-state index contributed by atoms with van der Waals surface area (Å²) >= 11 is 1.44. The van der Waals surface area contributed by atoms with Gasteiger partial charge < -0.3 is 9.84 Å². The third-order valence-electron chi connectivity index (χ3n) is 4.34. The highest BCUT2D eigenvalue weighted by molar-refractivity contribution is 7.15. The van der Waals surface area contributed by atoms with Gasteiger partial charge in [-0.1, -0.05) is 36.4 Å². The molecule has 132 valence electrons. The first kappa shape index (κ1) is 17.5. The van der Waals surface area contributed by atoms with E-state index in [-0.39, 0.29) is 12.3 Å². The molecule has 3 aromatic rings. The molecule has 0 aliphatic rings. The predicted octanol–water partition coefficient (Wildman–Crippen LogP) is 4.38. The second-order valence-corrected chi connectivity index (χ2v) is 7.28. The van der Waals surface area contributed by atoms with E-state index < -0.39 is 0 Å². The molecule has 25 heavy (non-hydrogen) atoms. The summed E-state index contributed by atoms with van der Waals surface area (Å²) in [4.78, 5) is 12.4. The van der Waals surface area contributed by atoms with Crippen molar-refractivity contribution in [3.05, 3.63) is 34.0 Å². The van der Waals surface area contributed by atoms with E-state index in [0.29, 0.717) is 22.3 Å². The van der Waals surface area contributed by atoms with Gasteiger partial charge in [0, 0.05) is 11.3 Å². The van der Waals surface area contributed by atoms with Crippen molar-refractivity contribution in [1.29, 1.82) is 0 Å². The molecule has 6 nitrogen and oxygen atoms in total. The molecule has 3 rings (SSSR count). The van der Waals surface area contributed by atoms with Crippen molar-refractivity contribution in [3.63, 3.8) is 0 Å². The van der Waals surface area contributed by atoms with Crippen LogP contribution in [-0.4, -0.2) is 21.3 Å². The van der Waals surface area contributed by atoms with Gasteiger partial charge in [0.2, 0.25) is 11.0 Å². The summed E-state index contributed by atoms with van der Waals surface area (Å²) in [5.74, 6) is 0.232. The lowest BCUT2D eigenvalue weighted by atomic mass is 10.0. The first-order chi connectivity index (χ1) is 12.0. The van der Waals surface area contributed by atoms with Gasteiger partial charge in [-0.05, 0) is 43.9 Å². The van der Waals surface area contributed by atoms with Gasteiger partial charge in [-0.15, -0.1) is 10.2 Å². The number of amides is 1. The van der Waals surface area contributed by atoms with Crippen LogP contribution in [0.25, 0.3) is 11.0 Å². The fourth-order valence-corrected chi connectivity index (χ4v) is 4.07. The molecular formula is C18H22N4O2S. The predicted molar refractivity (Wildman–Crippen MR) is 99.0 cm³/mol. The lowest BCUT2D eigenvalue weighted by molar-refractivity contribution is -0.115. The molecule has 7 heteroatoms. The van der Waals surface area contributed by atoms with Crippen molar-refractivity contribution in [1.82, 2.24) is 15.4 Å². The maximum absolute atomic E-state index is 12.4. The lowest BCUT2D eigenvalue weighted by Gasteiger charge is -2.05. The highest BCUT2D eigenvalue weighted by Crippen LogP contribution is 2.28. The van der Waals surface area contributed by atoms with Crippen molar-refractivity contribution in [2.45, 2.75) is 52.9 Å². The Hall–Kier alpha value is -2.28. The van der Waals surface area contributed by atoms with Crippen molar-refractivity contribution in [2.24, 2.45) is 0 Å². The summed E-state index contributed by atoms with van der Waals surface area (Å²) in [6, 6.07) is 4.00. The fraction of sp³-hybridized carbons (Fsp3) is 0.444. The molecule has 2 aromatic heterocycles. The molecule has 0 spiro atoms. The van der Waals surface area contributed by atoms with Gasteiger partial charge in [-0.2, -0.15) is 0 Å². The van der Waals surface area contributed by atoms with Gasteiger partial charge in [0.15, 0.2) is 5.58 Å². The van der Waals surface area contributed by atoms with E-state index in [1.54, 1.807) is 0 Å². The summed E-state index contributed by atoms with van der Waals surface area (Å²) in [6.07, 6.45) is 2.18. The number of anilines is 1. The molecule has 1 amide bonds. The molecular weight excluding hydrogens is 336 g/mol. The van der Waals surface area contributed by atoms with E-state index in [9.17, 15) is 4.79 Å². The molecule has 0 unspecified atom stereocenters. The third kappa shape index (κ3) is 3.71. The summed E-state index contributed by atoms with van der Waals surface area (Å²) in [7, 11) is 0. The minimum atomic E-state index is -0.164. The first-order valence-electron chi connectivity index (χ1n) is 8.50. The van der Waals surface area contributed by atoms with Crippen LogP contribution in [0.15, 0.2) is 16.7 Å². The number of nitrogens with zero attached hydrogens (tertiary/aromatic N) is 3. The number of nitrogens with one attached hydrogen (secondary N) is 1. The Morgan fingerprint density at radius 1 is 1.24 bits per heavy atom. The lowest BCUT2D eigenvalue weighted by Crippen LogP contribution is -2.14. The normalized spacial score (nSPS) is 11.4. The minimum Gasteiger partial charge on any atom is -0.356 e. The molecule has 0 radical (unpaired) electrons. The molecule has 0 aliphatic carbocycles. The minimum absolute atomic E-state index is 0.150. The Morgan fingerprint density at radius 2 is 2.00 bits per heavy atom. The van der Waals surface area contributed by atoms with Gasteiger partial charge in [-0.25, -0.2) is 0 Å². The van der Waals surface area contributed by atoms with Crippen molar-refractivity contribution in [3.8, 4) is 0 Å².